The number of imidazole rings is 1. The standard InChI is InChI=1S/C20H14N2O2/c23-20(16-11-5-2-6-12-16)24-22-18-14-8-7-13-17(18)21-19(22)15-9-3-1-4-10-15/h1-14H. The monoisotopic (exact) mass is 314 g/mol. The van der Waals surface area contributed by atoms with Crippen molar-refractivity contribution in [3.63, 3.8) is 0 Å². The van der Waals surface area contributed by atoms with Crippen molar-refractivity contribution in [2.45, 2.75) is 0 Å². The first-order chi connectivity index (χ1) is 11.8. The Labute approximate surface area is 138 Å². The maximum absolute atomic E-state index is 12.5. The van der Waals surface area contributed by atoms with Crippen molar-refractivity contribution >= 4 is 17.0 Å². The Bertz CT molecular complexity index is 992. The lowest BCUT2D eigenvalue weighted by Gasteiger charge is -2.09. The van der Waals surface area contributed by atoms with Gasteiger partial charge in [-0.1, -0.05) is 60.7 Å². The molecule has 0 aliphatic heterocycles. The van der Waals surface area contributed by atoms with Crippen LogP contribution < -0.4 is 4.84 Å². The third kappa shape index (κ3) is 2.54. The van der Waals surface area contributed by atoms with Crippen molar-refractivity contribution < 1.29 is 9.63 Å². The molecule has 4 nitrogen and oxygen atoms in total. The molecule has 0 spiro atoms. The number of carbonyl (C=O) groups excluding carboxylic acids is 1. The molecule has 116 valence electrons. The molecular weight excluding hydrogens is 300 g/mol. The summed E-state index contributed by atoms with van der Waals surface area (Å²) in [5, 5.41) is 0. The molecule has 3 aromatic carbocycles. The fourth-order valence-corrected chi connectivity index (χ4v) is 2.58. The first kappa shape index (κ1) is 14.2. The molecule has 4 aromatic rings. The number of benzene rings is 3. The van der Waals surface area contributed by atoms with Crippen LogP contribution in [0.1, 0.15) is 10.4 Å². The molecule has 1 heterocycles. The van der Waals surface area contributed by atoms with Gasteiger partial charge in [-0.25, -0.2) is 9.78 Å². The van der Waals surface area contributed by atoms with Gasteiger partial charge >= 0.3 is 5.97 Å². The Morgan fingerprint density at radius 3 is 2.17 bits per heavy atom. The van der Waals surface area contributed by atoms with Crippen LogP contribution in [0.25, 0.3) is 22.4 Å². The zero-order valence-electron chi connectivity index (χ0n) is 12.8. The van der Waals surface area contributed by atoms with Crippen molar-refractivity contribution in [2.75, 3.05) is 0 Å². The average Bonchev–Trinajstić information content (AvgIpc) is 3.02. The molecular formula is C20H14N2O2. The Morgan fingerprint density at radius 1 is 0.792 bits per heavy atom. The summed E-state index contributed by atoms with van der Waals surface area (Å²) in [6.45, 7) is 0. The van der Waals surface area contributed by atoms with Crippen molar-refractivity contribution in [3.8, 4) is 11.4 Å². The average molecular weight is 314 g/mol. The highest BCUT2D eigenvalue weighted by atomic mass is 16.7. The molecule has 0 bridgehead atoms. The molecule has 0 saturated carbocycles. The second kappa shape index (κ2) is 6.01. The molecule has 1 aromatic heterocycles. The topological polar surface area (TPSA) is 44.1 Å². The normalized spacial score (nSPS) is 10.7. The molecule has 0 aliphatic carbocycles. The van der Waals surface area contributed by atoms with Crippen LogP contribution in [-0.4, -0.2) is 15.7 Å². The van der Waals surface area contributed by atoms with Crippen LogP contribution in [0.4, 0.5) is 0 Å². The zero-order valence-corrected chi connectivity index (χ0v) is 12.8. The first-order valence-corrected chi connectivity index (χ1v) is 7.63. The summed E-state index contributed by atoms with van der Waals surface area (Å²) in [6.07, 6.45) is 0. The quantitative estimate of drug-likeness (QED) is 0.574. The maximum Gasteiger partial charge on any atom is 0.363 e. The lowest BCUT2D eigenvalue weighted by atomic mass is 10.2. The molecule has 24 heavy (non-hydrogen) atoms. The fourth-order valence-electron chi connectivity index (χ4n) is 2.58. The highest BCUT2D eigenvalue weighted by Crippen LogP contribution is 2.23. The van der Waals surface area contributed by atoms with Crippen molar-refractivity contribution in [2.24, 2.45) is 0 Å². The number of carbonyl (C=O) groups is 1. The van der Waals surface area contributed by atoms with E-state index in [0.29, 0.717) is 11.4 Å². The van der Waals surface area contributed by atoms with Crippen LogP contribution in [0.15, 0.2) is 84.9 Å². The van der Waals surface area contributed by atoms with Gasteiger partial charge in [0.2, 0.25) is 0 Å². The highest BCUT2D eigenvalue weighted by Gasteiger charge is 2.17. The summed E-state index contributed by atoms with van der Waals surface area (Å²) in [4.78, 5) is 22.7. The summed E-state index contributed by atoms with van der Waals surface area (Å²) >= 11 is 0. The lowest BCUT2D eigenvalue weighted by molar-refractivity contribution is 0.0487. The SMILES string of the molecule is O=C(On1c(-c2ccccc2)nc2ccccc21)c1ccccc1. The van der Waals surface area contributed by atoms with E-state index in [1.165, 1.54) is 4.73 Å². The van der Waals surface area contributed by atoms with Crippen LogP contribution >= 0.6 is 0 Å². The zero-order chi connectivity index (χ0) is 16.4. The van der Waals surface area contributed by atoms with E-state index in [2.05, 4.69) is 4.98 Å². The maximum atomic E-state index is 12.5. The van der Waals surface area contributed by atoms with Gasteiger partial charge in [0, 0.05) is 5.56 Å². The summed E-state index contributed by atoms with van der Waals surface area (Å²) in [5.41, 5.74) is 2.90. The Morgan fingerprint density at radius 2 is 1.42 bits per heavy atom. The third-order valence-electron chi connectivity index (χ3n) is 3.73. The summed E-state index contributed by atoms with van der Waals surface area (Å²) in [7, 11) is 0. The molecule has 0 N–H and O–H groups in total. The highest BCUT2D eigenvalue weighted by molar-refractivity contribution is 5.90. The van der Waals surface area contributed by atoms with Crippen molar-refractivity contribution in [1.82, 2.24) is 9.71 Å². The van der Waals surface area contributed by atoms with E-state index >= 15 is 0 Å². The second-order valence-electron chi connectivity index (χ2n) is 5.33. The van der Waals surface area contributed by atoms with Gasteiger partial charge in [0.05, 0.1) is 11.1 Å². The van der Waals surface area contributed by atoms with E-state index in [0.717, 1.165) is 16.6 Å². The number of para-hydroxylation sites is 2. The minimum Gasteiger partial charge on any atom is -0.329 e. The van der Waals surface area contributed by atoms with E-state index in [1.54, 1.807) is 24.3 Å². The van der Waals surface area contributed by atoms with E-state index in [4.69, 9.17) is 4.84 Å². The Balaban J connectivity index is 1.83. The molecule has 0 fully saturated rings. The van der Waals surface area contributed by atoms with Crippen molar-refractivity contribution in [3.05, 3.63) is 90.5 Å². The van der Waals surface area contributed by atoms with Gasteiger partial charge in [-0.2, -0.15) is 4.73 Å². The number of hydrogen-bond acceptors (Lipinski definition) is 3. The molecule has 4 rings (SSSR count). The predicted octanol–water partition coefficient (Wildman–Crippen LogP) is 3.97. The summed E-state index contributed by atoms with van der Waals surface area (Å²) in [5.74, 6) is 0.178. The molecule has 0 amide bonds. The van der Waals surface area contributed by atoms with Crippen LogP contribution in [0.3, 0.4) is 0 Å². The molecule has 0 radical (unpaired) electrons. The van der Waals surface area contributed by atoms with Gasteiger partial charge in [0.25, 0.3) is 0 Å². The summed E-state index contributed by atoms with van der Waals surface area (Å²) in [6, 6.07) is 26.2. The van der Waals surface area contributed by atoms with Gasteiger partial charge in [-0.15, -0.1) is 0 Å². The molecule has 0 unspecified atom stereocenters. The van der Waals surface area contributed by atoms with Gasteiger partial charge in [0.15, 0.2) is 5.82 Å². The van der Waals surface area contributed by atoms with Gasteiger partial charge < -0.3 is 4.84 Å². The molecule has 0 saturated heterocycles. The largest absolute Gasteiger partial charge is 0.363 e. The first-order valence-electron chi connectivity index (χ1n) is 7.63. The van der Waals surface area contributed by atoms with Crippen LogP contribution in [0.2, 0.25) is 0 Å². The van der Waals surface area contributed by atoms with Gasteiger partial charge in [0.1, 0.15) is 5.52 Å². The van der Waals surface area contributed by atoms with Crippen LogP contribution in [0.5, 0.6) is 0 Å². The number of nitrogens with zero attached hydrogens (tertiary/aromatic N) is 2. The van der Waals surface area contributed by atoms with E-state index in [1.807, 2.05) is 60.7 Å². The predicted molar refractivity (Wildman–Crippen MR) is 92.5 cm³/mol. The van der Waals surface area contributed by atoms with Crippen LogP contribution in [0, 0.1) is 0 Å². The van der Waals surface area contributed by atoms with E-state index in [9.17, 15) is 4.79 Å². The minimum absolute atomic E-state index is 0.420. The molecule has 4 heteroatoms. The summed E-state index contributed by atoms with van der Waals surface area (Å²) < 4.78 is 1.50. The number of rotatable bonds is 3. The number of fused-ring (bicyclic) bond motifs is 1. The fraction of sp³-hybridized carbons (Fsp3) is 0. The third-order valence-corrected chi connectivity index (χ3v) is 3.73. The van der Waals surface area contributed by atoms with E-state index < -0.39 is 5.97 Å². The number of hydrogen-bond donors (Lipinski definition) is 0. The molecule has 0 atom stereocenters. The second-order valence-corrected chi connectivity index (χ2v) is 5.33. The Hall–Kier alpha value is -3.40. The van der Waals surface area contributed by atoms with E-state index in [-0.39, 0.29) is 0 Å². The Kier molecular flexibility index (Phi) is 3.56. The molecule has 0 aliphatic rings. The lowest BCUT2D eigenvalue weighted by Crippen LogP contribution is -2.20. The van der Waals surface area contributed by atoms with Gasteiger partial charge in [-0.05, 0) is 24.3 Å². The minimum atomic E-state index is -0.420. The van der Waals surface area contributed by atoms with Gasteiger partial charge in [-0.3, -0.25) is 0 Å². The smallest absolute Gasteiger partial charge is 0.329 e. The van der Waals surface area contributed by atoms with Crippen LogP contribution in [-0.2, 0) is 0 Å². The number of aromatic nitrogens is 2. The van der Waals surface area contributed by atoms with Crippen molar-refractivity contribution in [1.29, 1.82) is 0 Å².